The third kappa shape index (κ3) is 5.69. The third-order valence-electron chi connectivity index (χ3n) is 3.05. The molecule has 0 atom stereocenters. The van der Waals surface area contributed by atoms with E-state index in [0.29, 0.717) is 19.6 Å². The lowest BCUT2D eigenvalue weighted by Crippen LogP contribution is -2.33. The van der Waals surface area contributed by atoms with Crippen LogP contribution in [0, 0.1) is 0 Å². The number of methoxy groups -OCH3 is 1. The maximum atomic E-state index is 11.7. The van der Waals surface area contributed by atoms with E-state index in [1.54, 1.807) is 18.1 Å². The van der Waals surface area contributed by atoms with Crippen molar-refractivity contribution < 1.29 is 14.3 Å². The molecule has 2 amide bonds. The van der Waals surface area contributed by atoms with E-state index in [-0.39, 0.29) is 18.2 Å². The Morgan fingerprint density at radius 2 is 2.10 bits per heavy atom. The molecule has 1 rings (SSSR count). The zero-order valence-corrected chi connectivity index (χ0v) is 12.6. The quantitative estimate of drug-likeness (QED) is 0.742. The Morgan fingerprint density at radius 3 is 2.71 bits per heavy atom. The van der Waals surface area contributed by atoms with Crippen LogP contribution >= 0.6 is 0 Å². The van der Waals surface area contributed by atoms with Gasteiger partial charge in [0.1, 0.15) is 5.75 Å². The van der Waals surface area contributed by atoms with Crippen molar-refractivity contribution in [3.8, 4) is 5.75 Å². The number of benzene rings is 1. The molecule has 0 spiro atoms. The number of ether oxygens (including phenoxy) is 1. The number of hydrogen-bond donors (Lipinski definition) is 1. The first-order valence-corrected chi connectivity index (χ1v) is 6.83. The first kappa shape index (κ1) is 16.8. The highest BCUT2D eigenvalue weighted by molar-refractivity contribution is 5.78. The molecule has 0 aliphatic carbocycles. The monoisotopic (exact) mass is 290 g/mol. The van der Waals surface area contributed by atoms with Gasteiger partial charge in [0.15, 0.2) is 0 Å². The molecule has 0 bridgehead atoms. The molecule has 5 nitrogen and oxygen atoms in total. The van der Waals surface area contributed by atoms with Gasteiger partial charge in [0, 0.05) is 38.5 Å². The first-order chi connectivity index (χ1) is 10.1. The topological polar surface area (TPSA) is 58.6 Å². The summed E-state index contributed by atoms with van der Waals surface area (Å²) in [7, 11) is 1.60. The third-order valence-corrected chi connectivity index (χ3v) is 3.05. The van der Waals surface area contributed by atoms with Crippen LogP contribution in [0.4, 0.5) is 0 Å². The zero-order chi connectivity index (χ0) is 15.7. The SMILES string of the molecule is C=CCNC(=O)CCN(Cc1ccccc1OC)C(C)=O. The van der Waals surface area contributed by atoms with Crippen molar-refractivity contribution in [1.29, 1.82) is 0 Å². The number of para-hydroxylation sites is 1. The van der Waals surface area contributed by atoms with E-state index in [9.17, 15) is 9.59 Å². The van der Waals surface area contributed by atoms with Crippen LogP contribution in [0.3, 0.4) is 0 Å². The minimum atomic E-state index is -0.0961. The Kier molecular flexibility index (Phi) is 7.01. The van der Waals surface area contributed by atoms with Crippen LogP contribution in [0.1, 0.15) is 18.9 Å². The fourth-order valence-corrected chi connectivity index (χ4v) is 1.90. The molecule has 0 radical (unpaired) electrons. The number of carbonyl (C=O) groups excluding carboxylic acids is 2. The fraction of sp³-hybridized carbons (Fsp3) is 0.375. The molecule has 1 aromatic rings. The van der Waals surface area contributed by atoms with Gasteiger partial charge in [0.05, 0.1) is 7.11 Å². The first-order valence-electron chi connectivity index (χ1n) is 6.83. The van der Waals surface area contributed by atoms with Gasteiger partial charge in [-0.05, 0) is 6.07 Å². The molecule has 114 valence electrons. The maximum absolute atomic E-state index is 11.7. The van der Waals surface area contributed by atoms with Crippen LogP contribution in [0.25, 0.3) is 0 Å². The number of hydrogen-bond acceptors (Lipinski definition) is 3. The van der Waals surface area contributed by atoms with Crippen molar-refractivity contribution >= 4 is 11.8 Å². The Balaban J connectivity index is 2.63. The summed E-state index contributed by atoms with van der Waals surface area (Å²) in [6, 6.07) is 7.53. The second-order valence-electron chi connectivity index (χ2n) is 4.60. The second kappa shape index (κ2) is 8.79. The van der Waals surface area contributed by atoms with Crippen molar-refractivity contribution in [2.24, 2.45) is 0 Å². The molecular weight excluding hydrogens is 268 g/mol. The summed E-state index contributed by atoms with van der Waals surface area (Å²) in [6.07, 6.45) is 1.89. The molecule has 1 N–H and O–H groups in total. The molecule has 0 aliphatic heterocycles. The summed E-state index contributed by atoms with van der Waals surface area (Å²) in [6.45, 7) is 6.27. The van der Waals surface area contributed by atoms with E-state index in [0.717, 1.165) is 11.3 Å². The minimum absolute atomic E-state index is 0.0718. The predicted molar refractivity (Wildman–Crippen MR) is 81.9 cm³/mol. The summed E-state index contributed by atoms with van der Waals surface area (Å²) < 4.78 is 5.28. The molecule has 0 aromatic heterocycles. The highest BCUT2D eigenvalue weighted by Gasteiger charge is 2.13. The standard InChI is InChI=1S/C16H22N2O3/c1-4-10-17-16(20)9-11-18(13(2)19)12-14-7-5-6-8-15(14)21-3/h4-8H,1,9-12H2,2-3H3,(H,17,20). The number of rotatable bonds is 8. The van der Waals surface area contributed by atoms with Gasteiger partial charge in [-0.3, -0.25) is 9.59 Å². The molecule has 0 aliphatic rings. The summed E-state index contributed by atoms with van der Waals surface area (Å²) in [5.74, 6) is 0.568. The van der Waals surface area contributed by atoms with Crippen molar-refractivity contribution in [3.05, 3.63) is 42.5 Å². The van der Waals surface area contributed by atoms with Gasteiger partial charge in [0.2, 0.25) is 11.8 Å². The number of amides is 2. The van der Waals surface area contributed by atoms with Crippen molar-refractivity contribution in [2.45, 2.75) is 19.9 Å². The lowest BCUT2D eigenvalue weighted by atomic mass is 10.2. The molecule has 21 heavy (non-hydrogen) atoms. The number of carbonyl (C=O) groups is 2. The van der Waals surface area contributed by atoms with E-state index >= 15 is 0 Å². The van der Waals surface area contributed by atoms with Gasteiger partial charge in [-0.25, -0.2) is 0 Å². The lowest BCUT2D eigenvalue weighted by molar-refractivity contribution is -0.130. The largest absolute Gasteiger partial charge is 0.496 e. The van der Waals surface area contributed by atoms with Crippen LogP contribution in [0.2, 0.25) is 0 Å². The normalized spacial score (nSPS) is 9.81. The Morgan fingerprint density at radius 1 is 1.38 bits per heavy atom. The highest BCUT2D eigenvalue weighted by atomic mass is 16.5. The summed E-state index contributed by atoms with van der Waals surface area (Å²) >= 11 is 0. The minimum Gasteiger partial charge on any atom is -0.496 e. The Labute approximate surface area is 125 Å². The van der Waals surface area contributed by atoms with Crippen LogP contribution in [0.15, 0.2) is 36.9 Å². The molecule has 0 heterocycles. The number of nitrogens with zero attached hydrogens (tertiary/aromatic N) is 1. The van der Waals surface area contributed by atoms with Gasteiger partial charge >= 0.3 is 0 Å². The van der Waals surface area contributed by atoms with Gasteiger partial charge in [-0.1, -0.05) is 24.3 Å². The van der Waals surface area contributed by atoms with E-state index in [4.69, 9.17) is 4.74 Å². The number of nitrogens with one attached hydrogen (secondary N) is 1. The lowest BCUT2D eigenvalue weighted by Gasteiger charge is -2.22. The van der Waals surface area contributed by atoms with Crippen molar-refractivity contribution in [1.82, 2.24) is 10.2 Å². The van der Waals surface area contributed by atoms with Crippen LogP contribution in [0.5, 0.6) is 5.75 Å². The molecule has 0 fully saturated rings. The fourth-order valence-electron chi connectivity index (χ4n) is 1.90. The maximum Gasteiger partial charge on any atom is 0.222 e. The molecule has 0 unspecified atom stereocenters. The molecule has 1 aromatic carbocycles. The van der Waals surface area contributed by atoms with Crippen LogP contribution < -0.4 is 10.1 Å². The highest BCUT2D eigenvalue weighted by Crippen LogP contribution is 2.19. The molecule has 0 saturated heterocycles. The second-order valence-corrected chi connectivity index (χ2v) is 4.60. The summed E-state index contributed by atoms with van der Waals surface area (Å²) in [5.41, 5.74) is 0.918. The average Bonchev–Trinajstić information content (AvgIpc) is 2.49. The Bertz CT molecular complexity index is 500. The van der Waals surface area contributed by atoms with Gasteiger partial charge in [-0.2, -0.15) is 0 Å². The van der Waals surface area contributed by atoms with E-state index < -0.39 is 0 Å². The summed E-state index contributed by atoms with van der Waals surface area (Å²) in [5, 5.41) is 2.69. The van der Waals surface area contributed by atoms with Gasteiger partial charge < -0.3 is 15.0 Å². The zero-order valence-electron chi connectivity index (χ0n) is 12.6. The summed E-state index contributed by atoms with van der Waals surface area (Å²) in [4.78, 5) is 24.9. The average molecular weight is 290 g/mol. The Hall–Kier alpha value is -2.30. The van der Waals surface area contributed by atoms with Crippen LogP contribution in [-0.4, -0.2) is 36.9 Å². The van der Waals surface area contributed by atoms with Gasteiger partial charge in [0.25, 0.3) is 0 Å². The van der Waals surface area contributed by atoms with E-state index in [2.05, 4.69) is 11.9 Å². The van der Waals surface area contributed by atoms with E-state index in [1.165, 1.54) is 6.92 Å². The van der Waals surface area contributed by atoms with Crippen LogP contribution in [-0.2, 0) is 16.1 Å². The van der Waals surface area contributed by atoms with E-state index in [1.807, 2.05) is 24.3 Å². The molecule has 5 heteroatoms. The van der Waals surface area contributed by atoms with Crippen molar-refractivity contribution in [2.75, 3.05) is 20.2 Å². The van der Waals surface area contributed by atoms with Crippen molar-refractivity contribution in [3.63, 3.8) is 0 Å². The smallest absolute Gasteiger partial charge is 0.222 e. The molecule has 0 saturated carbocycles. The predicted octanol–water partition coefficient (Wildman–Crippen LogP) is 1.74. The van der Waals surface area contributed by atoms with Gasteiger partial charge in [-0.15, -0.1) is 6.58 Å². The molecular formula is C16H22N2O3.